The van der Waals surface area contributed by atoms with Gasteiger partial charge in [0.15, 0.2) is 4.34 Å². The van der Waals surface area contributed by atoms with Gasteiger partial charge in [0.25, 0.3) is 0 Å². The Morgan fingerprint density at radius 3 is 3.11 bits per heavy atom. The fourth-order valence-corrected chi connectivity index (χ4v) is 3.54. The molecular weight excluding hydrogens is 270 g/mol. The second-order valence-electron chi connectivity index (χ2n) is 3.51. The van der Waals surface area contributed by atoms with E-state index in [1.54, 1.807) is 11.3 Å². The number of hydrogen-bond donors (Lipinski definition) is 1. The van der Waals surface area contributed by atoms with Gasteiger partial charge in [0.2, 0.25) is 0 Å². The van der Waals surface area contributed by atoms with Gasteiger partial charge in [-0.1, -0.05) is 17.8 Å². The molecule has 2 aromatic rings. The van der Waals surface area contributed by atoms with Gasteiger partial charge in [0.1, 0.15) is 11.3 Å². The Hall–Kier alpha value is -1.27. The molecule has 1 aromatic heterocycles. The van der Waals surface area contributed by atoms with Crippen LogP contribution in [-0.4, -0.2) is 28.4 Å². The molecule has 0 aliphatic carbocycles. The van der Waals surface area contributed by atoms with E-state index in [-0.39, 0.29) is 6.42 Å². The number of aromatic nitrogens is 1. The van der Waals surface area contributed by atoms with Crippen molar-refractivity contribution in [3.8, 4) is 5.75 Å². The molecular formula is C12H13NO3S2. The van der Waals surface area contributed by atoms with Crippen molar-refractivity contribution >= 4 is 39.3 Å². The average Bonchev–Trinajstić information content (AvgIpc) is 2.73. The van der Waals surface area contributed by atoms with Crippen LogP contribution in [0.4, 0.5) is 0 Å². The first-order valence-corrected chi connectivity index (χ1v) is 7.38. The highest BCUT2D eigenvalue weighted by Gasteiger charge is 2.09. The van der Waals surface area contributed by atoms with Gasteiger partial charge >= 0.3 is 5.97 Å². The molecule has 0 amide bonds. The number of benzene rings is 1. The largest absolute Gasteiger partial charge is 0.492 e. The minimum absolute atomic E-state index is 0.152. The zero-order valence-electron chi connectivity index (χ0n) is 9.88. The minimum atomic E-state index is -0.779. The van der Waals surface area contributed by atoms with Crippen molar-refractivity contribution in [3.05, 3.63) is 18.2 Å². The first-order chi connectivity index (χ1) is 8.70. The Balaban J connectivity index is 2.16. The Morgan fingerprint density at radius 2 is 2.39 bits per heavy atom. The summed E-state index contributed by atoms with van der Waals surface area (Å²) in [6.45, 7) is 2.55. The van der Waals surface area contributed by atoms with E-state index in [0.29, 0.717) is 12.4 Å². The highest BCUT2D eigenvalue weighted by molar-refractivity contribution is 8.01. The fourth-order valence-electron chi connectivity index (χ4n) is 1.46. The number of carboxylic acid groups (broad SMARTS) is 1. The molecule has 0 aliphatic heterocycles. The van der Waals surface area contributed by atoms with Gasteiger partial charge in [0.05, 0.1) is 17.7 Å². The third kappa shape index (κ3) is 3.14. The summed E-state index contributed by atoms with van der Waals surface area (Å²) in [7, 11) is 0. The quantitative estimate of drug-likeness (QED) is 0.825. The average molecular weight is 283 g/mol. The SMILES string of the molecule is CCOc1cccc2sc(SCCC(=O)O)nc12. The van der Waals surface area contributed by atoms with Crippen LogP contribution in [0.15, 0.2) is 22.5 Å². The van der Waals surface area contributed by atoms with Crippen LogP contribution in [0.5, 0.6) is 5.75 Å². The molecule has 0 saturated carbocycles. The number of para-hydroxylation sites is 1. The van der Waals surface area contributed by atoms with Gasteiger partial charge in [-0.25, -0.2) is 4.98 Å². The lowest BCUT2D eigenvalue weighted by Gasteiger charge is -2.01. The van der Waals surface area contributed by atoms with E-state index < -0.39 is 5.97 Å². The van der Waals surface area contributed by atoms with E-state index in [1.165, 1.54) is 11.8 Å². The van der Waals surface area contributed by atoms with Crippen LogP contribution >= 0.6 is 23.1 Å². The minimum Gasteiger partial charge on any atom is -0.492 e. The zero-order chi connectivity index (χ0) is 13.0. The first-order valence-electron chi connectivity index (χ1n) is 5.57. The summed E-state index contributed by atoms with van der Waals surface area (Å²) in [6.07, 6.45) is 0.152. The summed E-state index contributed by atoms with van der Waals surface area (Å²) >= 11 is 3.04. The molecule has 0 aliphatic rings. The molecule has 1 aromatic carbocycles. The lowest BCUT2D eigenvalue weighted by molar-refractivity contribution is -0.136. The second kappa shape index (κ2) is 6.06. The van der Waals surface area contributed by atoms with Crippen molar-refractivity contribution in [1.82, 2.24) is 4.98 Å². The maximum atomic E-state index is 10.5. The predicted octanol–water partition coefficient (Wildman–Crippen LogP) is 3.26. The molecule has 1 heterocycles. The number of rotatable bonds is 6. The summed E-state index contributed by atoms with van der Waals surface area (Å²) < 4.78 is 7.47. The molecule has 0 spiro atoms. The highest BCUT2D eigenvalue weighted by atomic mass is 32.2. The smallest absolute Gasteiger partial charge is 0.304 e. The van der Waals surface area contributed by atoms with Gasteiger partial charge in [0, 0.05) is 5.75 Å². The fraction of sp³-hybridized carbons (Fsp3) is 0.333. The Labute approximate surface area is 113 Å². The van der Waals surface area contributed by atoms with E-state index in [2.05, 4.69) is 4.98 Å². The second-order valence-corrected chi connectivity index (χ2v) is 5.88. The van der Waals surface area contributed by atoms with Crippen LogP contribution < -0.4 is 4.74 Å². The topological polar surface area (TPSA) is 59.4 Å². The molecule has 1 N–H and O–H groups in total. The summed E-state index contributed by atoms with van der Waals surface area (Å²) in [5.74, 6) is 0.550. The number of carbonyl (C=O) groups is 1. The van der Waals surface area contributed by atoms with E-state index >= 15 is 0 Å². The number of carboxylic acids is 1. The summed E-state index contributed by atoms with van der Waals surface area (Å²) in [5.41, 5.74) is 0.863. The first kappa shape index (κ1) is 13.2. The third-order valence-corrected chi connectivity index (χ3v) is 4.37. The Kier molecular flexibility index (Phi) is 4.43. The number of ether oxygens (including phenoxy) is 1. The molecule has 6 heteroatoms. The van der Waals surface area contributed by atoms with Gasteiger partial charge in [-0.05, 0) is 19.1 Å². The highest BCUT2D eigenvalue weighted by Crippen LogP contribution is 2.34. The predicted molar refractivity (Wildman–Crippen MR) is 73.8 cm³/mol. The molecule has 0 bridgehead atoms. The molecule has 0 atom stereocenters. The lowest BCUT2D eigenvalue weighted by Crippen LogP contribution is -1.95. The van der Waals surface area contributed by atoms with E-state index in [1.807, 2.05) is 25.1 Å². The molecule has 4 nitrogen and oxygen atoms in total. The number of thioether (sulfide) groups is 1. The van der Waals surface area contributed by atoms with E-state index in [9.17, 15) is 4.79 Å². The standard InChI is InChI=1S/C12H13NO3S2/c1-2-16-8-4-3-5-9-11(8)13-12(18-9)17-7-6-10(14)15/h3-5H,2,6-7H2,1H3,(H,14,15). The van der Waals surface area contributed by atoms with Crippen LogP contribution in [-0.2, 0) is 4.79 Å². The van der Waals surface area contributed by atoms with Crippen LogP contribution in [0.25, 0.3) is 10.2 Å². The maximum absolute atomic E-state index is 10.5. The summed E-state index contributed by atoms with van der Waals surface area (Å²) in [6, 6.07) is 5.84. The van der Waals surface area contributed by atoms with Crippen LogP contribution in [0, 0.1) is 0 Å². The molecule has 0 fully saturated rings. The third-order valence-electron chi connectivity index (χ3n) is 2.20. The number of fused-ring (bicyclic) bond motifs is 1. The molecule has 2 rings (SSSR count). The molecule has 0 radical (unpaired) electrons. The summed E-state index contributed by atoms with van der Waals surface area (Å²) in [5, 5.41) is 8.60. The normalized spacial score (nSPS) is 10.7. The van der Waals surface area contributed by atoms with Gasteiger partial charge in [-0.3, -0.25) is 4.79 Å². The summed E-state index contributed by atoms with van der Waals surface area (Å²) in [4.78, 5) is 14.9. The van der Waals surface area contributed by atoms with Crippen LogP contribution in [0.3, 0.4) is 0 Å². The zero-order valence-corrected chi connectivity index (χ0v) is 11.5. The number of thiazole rings is 1. The van der Waals surface area contributed by atoms with Crippen molar-refractivity contribution < 1.29 is 14.6 Å². The molecule has 0 unspecified atom stereocenters. The number of nitrogens with zero attached hydrogens (tertiary/aromatic N) is 1. The van der Waals surface area contributed by atoms with Gasteiger partial charge in [-0.15, -0.1) is 11.3 Å². The van der Waals surface area contributed by atoms with Crippen molar-refractivity contribution in [1.29, 1.82) is 0 Å². The van der Waals surface area contributed by atoms with Crippen molar-refractivity contribution in [2.45, 2.75) is 17.7 Å². The van der Waals surface area contributed by atoms with Crippen LogP contribution in [0.1, 0.15) is 13.3 Å². The molecule has 0 saturated heterocycles. The Morgan fingerprint density at radius 1 is 1.56 bits per heavy atom. The van der Waals surface area contributed by atoms with E-state index in [0.717, 1.165) is 20.3 Å². The van der Waals surface area contributed by atoms with E-state index in [4.69, 9.17) is 9.84 Å². The van der Waals surface area contributed by atoms with Crippen LogP contribution in [0.2, 0.25) is 0 Å². The molecule has 18 heavy (non-hydrogen) atoms. The maximum Gasteiger partial charge on any atom is 0.304 e. The van der Waals surface area contributed by atoms with Crippen molar-refractivity contribution in [2.24, 2.45) is 0 Å². The van der Waals surface area contributed by atoms with Gasteiger partial charge in [-0.2, -0.15) is 0 Å². The van der Waals surface area contributed by atoms with Crippen molar-refractivity contribution in [2.75, 3.05) is 12.4 Å². The molecule has 96 valence electrons. The number of aliphatic carboxylic acids is 1. The van der Waals surface area contributed by atoms with Gasteiger partial charge < -0.3 is 9.84 Å². The lowest BCUT2D eigenvalue weighted by atomic mass is 10.3. The van der Waals surface area contributed by atoms with Crippen molar-refractivity contribution in [3.63, 3.8) is 0 Å². The monoisotopic (exact) mass is 283 g/mol. The number of hydrogen-bond acceptors (Lipinski definition) is 5. The Bertz CT molecular complexity index is 553.